The molecule has 1 atom stereocenters. The summed E-state index contributed by atoms with van der Waals surface area (Å²) in [5.74, 6) is 1.55. The van der Waals surface area contributed by atoms with Crippen LogP contribution in [0.15, 0.2) is 0 Å². The molecule has 0 aliphatic heterocycles. The Hall–Kier alpha value is -0.220. The molecule has 0 bridgehead atoms. The minimum absolute atomic E-state index is 0.269. The summed E-state index contributed by atoms with van der Waals surface area (Å²) in [6.07, 6.45) is 1.13. The number of carbonyl (C=O) groups excluding carboxylic acids is 1. The standard InChI is InChI=1S/C10H22N2OS/c1-5-6-14-7-10(4,9(11)13)12-8(2)3/h8,12H,5-7H2,1-4H3,(H2,11,13). The molecule has 0 saturated heterocycles. The van der Waals surface area contributed by atoms with E-state index in [1.54, 1.807) is 11.8 Å². The van der Waals surface area contributed by atoms with Gasteiger partial charge in [-0.25, -0.2) is 0 Å². The first kappa shape index (κ1) is 13.8. The van der Waals surface area contributed by atoms with Crippen molar-refractivity contribution < 1.29 is 4.79 Å². The maximum Gasteiger partial charge on any atom is 0.238 e. The third-order valence-corrected chi connectivity index (χ3v) is 3.37. The van der Waals surface area contributed by atoms with Crippen LogP contribution in [0.1, 0.15) is 34.1 Å². The predicted octanol–water partition coefficient (Wildman–Crippen LogP) is 1.37. The van der Waals surface area contributed by atoms with Crippen molar-refractivity contribution in [3.05, 3.63) is 0 Å². The van der Waals surface area contributed by atoms with Crippen molar-refractivity contribution in [1.82, 2.24) is 5.32 Å². The van der Waals surface area contributed by atoms with Gasteiger partial charge in [0.1, 0.15) is 5.54 Å². The van der Waals surface area contributed by atoms with Gasteiger partial charge in [-0.1, -0.05) is 6.92 Å². The van der Waals surface area contributed by atoms with Gasteiger partial charge in [-0.3, -0.25) is 4.79 Å². The molecular formula is C10H22N2OS. The van der Waals surface area contributed by atoms with Crippen molar-refractivity contribution >= 4 is 17.7 Å². The van der Waals surface area contributed by atoms with Crippen LogP contribution in [0.5, 0.6) is 0 Å². The smallest absolute Gasteiger partial charge is 0.238 e. The van der Waals surface area contributed by atoms with Crippen LogP contribution in [0.4, 0.5) is 0 Å². The molecule has 0 aromatic rings. The lowest BCUT2D eigenvalue weighted by Crippen LogP contribution is -2.57. The topological polar surface area (TPSA) is 55.1 Å². The molecule has 4 heteroatoms. The van der Waals surface area contributed by atoms with Crippen molar-refractivity contribution in [2.75, 3.05) is 11.5 Å². The molecule has 0 aliphatic rings. The van der Waals surface area contributed by atoms with Crippen LogP contribution < -0.4 is 11.1 Å². The van der Waals surface area contributed by atoms with Crippen LogP contribution >= 0.6 is 11.8 Å². The van der Waals surface area contributed by atoms with Gasteiger partial charge < -0.3 is 11.1 Å². The number of hydrogen-bond acceptors (Lipinski definition) is 3. The van der Waals surface area contributed by atoms with Crippen molar-refractivity contribution in [2.45, 2.75) is 45.7 Å². The van der Waals surface area contributed by atoms with Crippen molar-refractivity contribution in [3.63, 3.8) is 0 Å². The molecule has 0 fully saturated rings. The summed E-state index contributed by atoms with van der Waals surface area (Å²) in [7, 11) is 0. The van der Waals surface area contributed by atoms with Gasteiger partial charge in [-0.15, -0.1) is 0 Å². The first-order valence-electron chi connectivity index (χ1n) is 5.07. The molecule has 1 unspecified atom stereocenters. The van der Waals surface area contributed by atoms with E-state index in [4.69, 9.17) is 5.73 Å². The number of nitrogens with one attached hydrogen (secondary N) is 1. The van der Waals surface area contributed by atoms with E-state index in [9.17, 15) is 4.79 Å². The molecule has 3 nitrogen and oxygen atoms in total. The lowest BCUT2D eigenvalue weighted by Gasteiger charge is -2.29. The molecule has 84 valence electrons. The van der Waals surface area contributed by atoms with Gasteiger partial charge in [0.25, 0.3) is 0 Å². The molecule has 0 saturated carbocycles. The lowest BCUT2D eigenvalue weighted by atomic mass is 10.0. The van der Waals surface area contributed by atoms with Crippen LogP contribution in [0, 0.1) is 0 Å². The number of carbonyl (C=O) groups is 1. The Balaban J connectivity index is 4.17. The first-order valence-corrected chi connectivity index (χ1v) is 6.23. The predicted molar refractivity (Wildman–Crippen MR) is 63.5 cm³/mol. The Morgan fingerprint density at radius 3 is 2.50 bits per heavy atom. The average Bonchev–Trinajstić information content (AvgIpc) is 2.03. The van der Waals surface area contributed by atoms with E-state index in [2.05, 4.69) is 12.2 Å². The van der Waals surface area contributed by atoms with Gasteiger partial charge in [0.05, 0.1) is 0 Å². The van der Waals surface area contributed by atoms with Gasteiger partial charge in [0, 0.05) is 11.8 Å². The highest BCUT2D eigenvalue weighted by Gasteiger charge is 2.30. The quantitative estimate of drug-likeness (QED) is 0.635. The van der Waals surface area contributed by atoms with Crippen LogP contribution in [0.3, 0.4) is 0 Å². The molecule has 14 heavy (non-hydrogen) atoms. The van der Waals surface area contributed by atoms with E-state index in [1.807, 2.05) is 20.8 Å². The maximum absolute atomic E-state index is 11.3. The molecule has 1 amide bonds. The van der Waals surface area contributed by atoms with Gasteiger partial charge in [-0.05, 0) is 32.9 Å². The molecule has 0 heterocycles. The Bertz CT molecular complexity index is 185. The highest BCUT2D eigenvalue weighted by atomic mass is 32.2. The third-order valence-electron chi connectivity index (χ3n) is 1.89. The maximum atomic E-state index is 11.3. The molecule has 0 radical (unpaired) electrons. The zero-order valence-corrected chi connectivity index (χ0v) is 10.4. The van der Waals surface area contributed by atoms with Crippen molar-refractivity contribution in [1.29, 1.82) is 0 Å². The number of hydrogen-bond donors (Lipinski definition) is 2. The Kier molecular flexibility index (Phi) is 6.20. The van der Waals surface area contributed by atoms with E-state index in [1.165, 1.54) is 0 Å². The Morgan fingerprint density at radius 2 is 2.14 bits per heavy atom. The second kappa shape index (κ2) is 6.30. The highest BCUT2D eigenvalue weighted by molar-refractivity contribution is 7.99. The van der Waals surface area contributed by atoms with Gasteiger partial charge in [0.15, 0.2) is 0 Å². The highest BCUT2D eigenvalue weighted by Crippen LogP contribution is 2.14. The molecule has 3 N–H and O–H groups in total. The zero-order valence-electron chi connectivity index (χ0n) is 9.59. The van der Waals surface area contributed by atoms with E-state index in [-0.39, 0.29) is 11.9 Å². The van der Waals surface area contributed by atoms with E-state index in [0.717, 1.165) is 17.9 Å². The summed E-state index contributed by atoms with van der Waals surface area (Å²) in [4.78, 5) is 11.3. The second-order valence-corrected chi connectivity index (χ2v) is 5.15. The molecule has 0 rings (SSSR count). The van der Waals surface area contributed by atoms with Crippen LogP contribution in [-0.2, 0) is 4.79 Å². The summed E-state index contributed by atoms with van der Waals surface area (Å²) >= 11 is 1.77. The molecular weight excluding hydrogens is 196 g/mol. The Morgan fingerprint density at radius 1 is 1.57 bits per heavy atom. The van der Waals surface area contributed by atoms with Gasteiger partial charge in [0.2, 0.25) is 5.91 Å². The number of nitrogens with two attached hydrogens (primary N) is 1. The van der Waals surface area contributed by atoms with Crippen LogP contribution in [-0.4, -0.2) is 29.0 Å². The van der Waals surface area contributed by atoms with Crippen molar-refractivity contribution in [3.8, 4) is 0 Å². The molecule has 0 spiro atoms. The number of amides is 1. The summed E-state index contributed by atoms with van der Waals surface area (Å²) < 4.78 is 0. The second-order valence-electron chi connectivity index (χ2n) is 4.05. The third kappa shape index (κ3) is 4.86. The first-order chi connectivity index (χ1) is 6.42. The van der Waals surface area contributed by atoms with E-state index in [0.29, 0.717) is 0 Å². The summed E-state index contributed by atoms with van der Waals surface area (Å²) in [5, 5.41) is 3.22. The summed E-state index contributed by atoms with van der Waals surface area (Å²) in [6.45, 7) is 8.04. The van der Waals surface area contributed by atoms with E-state index >= 15 is 0 Å². The van der Waals surface area contributed by atoms with Crippen molar-refractivity contribution in [2.24, 2.45) is 5.73 Å². The fraction of sp³-hybridized carbons (Fsp3) is 0.900. The fourth-order valence-corrected chi connectivity index (χ4v) is 2.31. The number of rotatable bonds is 7. The SMILES string of the molecule is CCCSCC(C)(NC(C)C)C(N)=O. The normalized spacial score (nSPS) is 15.5. The molecule has 0 aromatic carbocycles. The largest absolute Gasteiger partial charge is 0.368 e. The van der Waals surface area contributed by atoms with Crippen LogP contribution in [0.25, 0.3) is 0 Å². The minimum atomic E-state index is -0.575. The van der Waals surface area contributed by atoms with Crippen LogP contribution in [0.2, 0.25) is 0 Å². The molecule has 0 aromatic heterocycles. The average molecular weight is 218 g/mol. The summed E-state index contributed by atoms with van der Waals surface area (Å²) in [6, 6.07) is 0.273. The number of primary amides is 1. The number of thioether (sulfide) groups is 1. The van der Waals surface area contributed by atoms with Gasteiger partial charge in [-0.2, -0.15) is 11.8 Å². The van der Waals surface area contributed by atoms with Gasteiger partial charge >= 0.3 is 0 Å². The zero-order chi connectivity index (χ0) is 11.2. The lowest BCUT2D eigenvalue weighted by molar-refractivity contribution is -0.123. The minimum Gasteiger partial charge on any atom is -0.368 e. The fourth-order valence-electron chi connectivity index (χ4n) is 1.24. The Labute approximate surface area is 91.2 Å². The van der Waals surface area contributed by atoms with E-state index < -0.39 is 5.54 Å². The summed E-state index contributed by atoms with van der Waals surface area (Å²) in [5.41, 5.74) is 4.81. The molecule has 0 aliphatic carbocycles. The monoisotopic (exact) mass is 218 g/mol.